The summed E-state index contributed by atoms with van der Waals surface area (Å²) < 4.78 is 54.7. The monoisotopic (exact) mass is 495 g/mol. The fourth-order valence-electron chi connectivity index (χ4n) is 3.70. The van der Waals surface area contributed by atoms with Gasteiger partial charge in [0.25, 0.3) is 5.91 Å². The minimum Gasteiger partial charge on any atom is -0.298 e. The first kappa shape index (κ1) is 23.5. The number of sulfonamides is 1. The number of hydrogen-bond donors (Lipinski definition) is 1. The molecule has 1 fully saturated rings. The van der Waals surface area contributed by atoms with Crippen LogP contribution in [0, 0.1) is 6.92 Å². The molecule has 8 nitrogen and oxygen atoms in total. The molecule has 1 aliphatic rings. The molecule has 1 aliphatic heterocycles. The summed E-state index contributed by atoms with van der Waals surface area (Å²) >= 11 is 1.02. The van der Waals surface area contributed by atoms with Gasteiger partial charge in [0.1, 0.15) is 0 Å². The molecule has 12 heteroatoms. The number of aromatic nitrogens is 3. The first-order valence-corrected chi connectivity index (χ1v) is 12.7. The Hall–Kier alpha value is -2.70. The highest BCUT2D eigenvalue weighted by molar-refractivity contribution is 7.89. The Morgan fingerprint density at radius 1 is 1.18 bits per heavy atom. The van der Waals surface area contributed by atoms with Crippen molar-refractivity contribution in [2.24, 2.45) is 0 Å². The van der Waals surface area contributed by atoms with Gasteiger partial charge in [-0.3, -0.25) is 14.7 Å². The summed E-state index contributed by atoms with van der Waals surface area (Å²) in [5.41, 5.74) is 0.607. The van der Waals surface area contributed by atoms with E-state index in [0.29, 0.717) is 23.7 Å². The molecule has 0 aliphatic carbocycles. The van der Waals surface area contributed by atoms with Crippen LogP contribution in [0.25, 0.3) is 10.7 Å². The van der Waals surface area contributed by atoms with Crippen molar-refractivity contribution in [3.8, 4) is 10.7 Å². The SMILES string of the molecule is Cc1nc(NC(=O)c2cccc(S(=O)(=O)N3CCCCCC3)c2)sc1-c1nccn1C(F)F. The quantitative estimate of drug-likeness (QED) is 0.542. The number of hydrogen-bond acceptors (Lipinski definition) is 6. The fourth-order valence-corrected chi connectivity index (χ4v) is 6.23. The lowest BCUT2D eigenvalue weighted by atomic mass is 10.2. The second-order valence-corrected chi connectivity index (χ2v) is 10.6. The van der Waals surface area contributed by atoms with Gasteiger partial charge in [-0.15, -0.1) is 0 Å². The summed E-state index contributed by atoms with van der Waals surface area (Å²) in [7, 11) is -3.70. The van der Waals surface area contributed by atoms with Crippen molar-refractivity contribution in [2.45, 2.75) is 44.1 Å². The average Bonchev–Trinajstić information content (AvgIpc) is 3.30. The minimum absolute atomic E-state index is 0.0611. The van der Waals surface area contributed by atoms with Crippen molar-refractivity contribution >= 4 is 32.4 Å². The molecule has 0 unspecified atom stereocenters. The number of thiazole rings is 1. The summed E-state index contributed by atoms with van der Waals surface area (Å²) in [6.45, 7) is -0.181. The van der Waals surface area contributed by atoms with Crippen LogP contribution in [-0.4, -0.2) is 46.3 Å². The number of aryl methyl sites for hydroxylation is 1. The third-order valence-electron chi connectivity index (χ3n) is 5.40. The Morgan fingerprint density at radius 3 is 2.61 bits per heavy atom. The standard InChI is InChI=1S/C21H23F2N5O3S2/c1-14-17(18-24-9-12-28(18)20(22)23)32-21(25-14)26-19(29)15-7-6-8-16(13-15)33(30,31)27-10-4-2-3-5-11-27/h6-9,12-13,20H,2-5,10-11H2,1H3,(H,25,26,29). The van der Waals surface area contributed by atoms with E-state index in [1.165, 1.54) is 41.0 Å². The topological polar surface area (TPSA) is 97.2 Å². The predicted octanol–water partition coefficient (Wildman–Crippen LogP) is 4.53. The molecule has 1 amide bonds. The third-order valence-corrected chi connectivity index (χ3v) is 8.36. The van der Waals surface area contributed by atoms with Crippen LogP contribution in [0.2, 0.25) is 0 Å². The second kappa shape index (κ2) is 9.65. The van der Waals surface area contributed by atoms with Gasteiger partial charge in [-0.05, 0) is 38.0 Å². The predicted molar refractivity (Wildman–Crippen MR) is 121 cm³/mol. The zero-order chi connectivity index (χ0) is 23.6. The normalized spacial score (nSPS) is 15.5. The number of imidazole rings is 1. The Kier molecular flexibility index (Phi) is 6.86. The van der Waals surface area contributed by atoms with Gasteiger partial charge < -0.3 is 0 Å². The minimum atomic E-state index is -3.70. The smallest absolute Gasteiger partial charge is 0.298 e. The fraction of sp³-hybridized carbons (Fsp3) is 0.381. The highest BCUT2D eigenvalue weighted by Crippen LogP contribution is 2.33. The maximum absolute atomic E-state index is 13.2. The summed E-state index contributed by atoms with van der Waals surface area (Å²) in [6.07, 6.45) is 6.08. The highest BCUT2D eigenvalue weighted by Gasteiger charge is 2.26. The molecule has 4 rings (SSSR count). The van der Waals surface area contributed by atoms with Gasteiger partial charge in [0.2, 0.25) is 10.0 Å². The molecule has 33 heavy (non-hydrogen) atoms. The number of carbonyl (C=O) groups is 1. The van der Waals surface area contributed by atoms with Crippen molar-refractivity contribution in [1.29, 1.82) is 0 Å². The van der Waals surface area contributed by atoms with E-state index >= 15 is 0 Å². The van der Waals surface area contributed by atoms with E-state index in [1.807, 2.05) is 0 Å². The number of nitrogens with zero attached hydrogens (tertiary/aromatic N) is 4. The van der Waals surface area contributed by atoms with Gasteiger partial charge in [0.05, 0.1) is 15.5 Å². The average molecular weight is 496 g/mol. The van der Waals surface area contributed by atoms with Crippen LogP contribution in [0.15, 0.2) is 41.6 Å². The number of amides is 1. The highest BCUT2D eigenvalue weighted by atomic mass is 32.2. The lowest BCUT2D eigenvalue weighted by Gasteiger charge is -2.20. The molecule has 176 valence electrons. The Labute approximate surface area is 194 Å². The number of benzene rings is 1. The van der Waals surface area contributed by atoms with Crippen LogP contribution < -0.4 is 5.32 Å². The molecule has 3 heterocycles. The van der Waals surface area contributed by atoms with Gasteiger partial charge in [0, 0.05) is 31.0 Å². The number of carbonyl (C=O) groups excluding carboxylic acids is 1. The van der Waals surface area contributed by atoms with Gasteiger partial charge in [0.15, 0.2) is 11.0 Å². The Morgan fingerprint density at radius 2 is 1.91 bits per heavy atom. The molecule has 0 atom stereocenters. The van der Waals surface area contributed by atoms with Crippen molar-refractivity contribution in [3.05, 3.63) is 47.9 Å². The second-order valence-electron chi connectivity index (χ2n) is 7.67. The van der Waals surface area contributed by atoms with Crippen molar-refractivity contribution < 1.29 is 22.0 Å². The van der Waals surface area contributed by atoms with Crippen LogP contribution in [0.3, 0.4) is 0 Å². The van der Waals surface area contributed by atoms with Crippen molar-refractivity contribution in [1.82, 2.24) is 18.8 Å². The summed E-state index contributed by atoms with van der Waals surface area (Å²) in [5, 5.41) is 2.84. The molecule has 0 bridgehead atoms. The Bertz CT molecular complexity index is 1250. The molecule has 2 aromatic heterocycles. The zero-order valence-electron chi connectivity index (χ0n) is 17.9. The maximum atomic E-state index is 13.2. The Balaban J connectivity index is 1.55. The van der Waals surface area contributed by atoms with E-state index in [0.717, 1.165) is 41.6 Å². The van der Waals surface area contributed by atoms with Crippen molar-refractivity contribution in [2.75, 3.05) is 18.4 Å². The molecular formula is C21H23F2N5O3S2. The van der Waals surface area contributed by atoms with Crippen LogP contribution in [0.5, 0.6) is 0 Å². The third kappa shape index (κ3) is 4.97. The van der Waals surface area contributed by atoms with Crippen LogP contribution in [0.4, 0.5) is 13.9 Å². The van der Waals surface area contributed by atoms with Gasteiger partial charge in [-0.2, -0.15) is 13.1 Å². The number of anilines is 1. The van der Waals surface area contributed by atoms with Crippen molar-refractivity contribution in [3.63, 3.8) is 0 Å². The summed E-state index contributed by atoms with van der Waals surface area (Å²) in [4.78, 5) is 21.5. The van der Waals surface area contributed by atoms with E-state index in [2.05, 4.69) is 15.3 Å². The molecule has 1 N–H and O–H groups in total. The lowest BCUT2D eigenvalue weighted by molar-refractivity contribution is 0.0720. The molecule has 0 radical (unpaired) electrons. The molecule has 0 spiro atoms. The molecule has 3 aromatic rings. The summed E-state index contributed by atoms with van der Waals surface area (Å²) in [6, 6.07) is 5.87. The largest absolute Gasteiger partial charge is 0.320 e. The number of alkyl halides is 2. The van der Waals surface area contributed by atoms with Gasteiger partial charge in [-0.25, -0.2) is 18.4 Å². The van der Waals surface area contributed by atoms with Crippen LogP contribution >= 0.6 is 11.3 Å². The van der Waals surface area contributed by atoms with E-state index in [4.69, 9.17) is 0 Å². The first-order valence-electron chi connectivity index (χ1n) is 10.5. The molecular weight excluding hydrogens is 472 g/mol. The van der Waals surface area contributed by atoms with E-state index in [9.17, 15) is 22.0 Å². The van der Waals surface area contributed by atoms with E-state index in [1.54, 1.807) is 6.92 Å². The number of nitrogens with one attached hydrogen (secondary N) is 1. The molecule has 1 aromatic carbocycles. The van der Waals surface area contributed by atoms with E-state index in [-0.39, 0.29) is 21.4 Å². The molecule has 1 saturated heterocycles. The number of halogens is 2. The summed E-state index contributed by atoms with van der Waals surface area (Å²) in [5.74, 6) is -0.480. The van der Waals surface area contributed by atoms with E-state index < -0.39 is 22.5 Å². The number of rotatable bonds is 6. The first-order chi connectivity index (χ1) is 15.8. The van der Waals surface area contributed by atoms with Crippen LogP contribution in [0.1, 0.15) is 48.3 Å². The maximum Gasteiger partial charge on any atom is 0.320 e. The van der Waals surface area contributed by atoms with Gasteiger partial charge >= 0.3 is 6.55 Å². The van der Waals surface area contributed by atoms with Gasteiger partial charge in [-0.1, -0.05) is 30.2 Å². The van der Waals surface area contributed by atoms with Crippen LogP contribution in [-0.2, 0) is 10.0 Å². The lowest BCUT2D eigenvalue weighted by Crippen LogP contribution is -2.32. The zero-order valence-corrected chi connectivity index (χ0v) is 19.5. The molecule has 0 saturated carbocycles.